The van der Waals surface area contributed by atoms with Gasteiger partial charge in [-0.1, -0.05) is 0 Å². The van der Waals surface area contributed by atoms with E-state index in [0.29, 0.717) is 24.0 Å². The van der Waals surface area contributed by atoms with E-state index in [4.69, 9.17) is 0 Å². The van der Waals surface area contributed by atoms with Crippen LogP contribution in [0, 0.1) is 19.8 Å². The zero-order valence-corrected chi connectivity index (χ0v) is 12.3. The van der Waals surface area contributed by atoms with Crippen molar-refractivity contribution >= 4 is 5.91 Å². The number of rotatable bonds is 3. The first-order valence-corrected chi connectivity index (χ1v) is 7.22. The highest BCUT2D eigenvalue weighted by molar-refractivity contribution is 5.92. The van der Waals surface area contributed by atoms with E-state index in [0.717, 1.165) is 30.9 Å². The highest BCUT2D eigenvalue weighted by Gasteiger charge is 2.19. The Labute approximate surface area is 123 Å². The van der Waals surface area contributed by atoms with Gasteiger partial charge in [-0.25, -0.2) is 15.0 Å². The lowest BCUT2D eigenvalue weighted by molar-refractivity contribution is 0.0938. The van der Waals surface area contributed by atoms with Crippen molar-refractivity contribution in [2.75, 3.05) is 6.54 Å². The Balaban J connectivity index is 1.59. The fraction of sp³-hybridized carbons (Fsp3) is 0.467. The van der Waals surface area contributed by atoms with E-state index in [1.165, 1.54) is 0 Å². The van der Waals surface area contributed by atoms with Crippen LogP contribution in [0.5, 0.6) is 0 Å². The number of nitrogens with zero attached hydrogens (tertiary/aromatic N) is 4. The molecule has 1 unspecified atom stereocenters. The molecule has 1 N–H and O–H groups in total. The maximum atomic E-state index is 12.2. The minimum Gasteiger partial charge on any atom is -0.350 e. The molecule has 0 saturated carbocycles. The maximum Gasteiger partial charge on any atom is 0.270 e. The van der Waals surface area contributed by atoms with Crippen LogP contribution in [0.25, 0.3) is 0 Å². The SMILES string of the molecule is Cc1cc(C(=O)NCC2CCc3nccn3C2)nc(C)n1. The fourth-order valence-electron chi connectivity index (χ4n) is 2.76. The van der Waals surface area contributed by atoms with Crippen LogP contribution >= 0.6 is 0 Å². The van der Waals surface area contributed by atoms with Gasteiger partial charge in [0.05, 0.1) is 0 Å². The van der Waals surface area contributed by atoms with E-state index in [2.05, 4.69) is 24.8 Å². The molecule has 110 valence electrons. The predicted molar refractivity (Wildman–Crippen MR) is 77.9 cm³/mol. The van der Waals surface area contributed by atoms with Crippen molar-refractivity contribution in [1.82, 2.24) is 24.8 Å². The molecule has 0 radical (unpaired) electrons. The summed E-state index contributed by atoms with van der Waals surface area (Å²) in [6.45, 7) is 5.24. The van der Waals surface area contributed by atoms with Crippen LogP contribution in [-0.4, -0.2) is 32.0 Å². The summed E-state index contributed by atoms with van der Waals surface area (Å²) in [7, 11) is 0. The minimum absolute atomic E-state index is 0.125. The number of imidazole rings is 1. The summed E-state index contributed by atoms with van der Waals surface area (Å²) in [4.78, 5) is 24.9. The van der Waals surface area contributed by atoms with Crippen molar-refractivity contribution in [1.29, 1.82) is 0 Å². The largest absolute Gasteiger partial charge is 0.350 e. The van der Waals surface area contributed by atoms with E-state index in [1.807, 2.05) is 19.3 Å². The first-order chi connectivity index (χ1) is 10.1. The molecule has 1 aliphatic heterocycles. The van der Waals surface area contributed by atoms with Crippen molar-refractivity contribution in [3.63, 3.8) is 0 Å². The summed E-state index contributed by atoms with van der Waals surface area (Å²) in [5.41, 5.74) is 1.26. The van der Waals surface area contributed by atoms with Crippen molar-refractivity contribution in [2.45, 2.75) is 33.2 Å². The van der Waals surface area contributed by atoms with Crippen molar-refractivity contribution in [3.05, 3.63) is 41.5 Å². The van der Waals surface area contributed by atoms with Gasteiger partial charge in [-0.2, -0.15) is 0 Å². The number of aryl methyl sites for hydroxylation is 3. The maximum absolute atomic E-state index is 12.2. The smallest absolute Gasteiger partial charge is 0.270 e. The quantitative estimate of drug-likeness (QED) is 0.922. The second-order valence-electron chi connectivity index (χ2n) is 5.55. The Kier molecular flexibility index (Phi) is 3.68. The lowest BCUT2D eigenvalue weighted by Crippen LogP contribution is -2.34. The van der Waals surface area contributed by atoms with Crippen LogP contribution in [-0.2, 0) is 13.0 Å². The molecule has 3 rings (SSSR count). The third-order valence-electron chi connectivity index (χ3n) is 3.78. The van der Waals surface area contributed by atoms with Gasteiger partial charge in [0.25, 0.3) is 5.91 Å². The molecule has 1 atom stereocenters. The molecule has 0 bridgehead atoms. The van der Waals surface area contributed by atoms with Crippen LogP contribution < -0.4 is 5.32 Å². The van der Waals surface area contributed by atoms with Crippen molar-refractivity contribution < 1.29 is 4.79 Å². The van der Waals surface area contributed by atoms with Crippen LogP contribution in [0.3, 0.4) is 0 Å². The lowest BCUT2D eigenvalue weighted by Gasteiger charge is -2.23. The summed E-state index contributed by atoms with van der Waals surface area (Å²) in [6.07, 6.45) is 5.86. The molecule has 0 aromatic carbocycles. The summed E-state index contributed by atoms with van der Waals surface area (Å²) in [5, 5.41) is 2.98. The standard InChI is InChI=1S/C15H19N5O/c1-10-7-13(19-11(2)18-10)15(21)17-8-12-3-4-14-16-5-6-20(14)9-12/h5-7,12H,3-4,8-9H2,1-2H3,(H,17,21). The molecule has 0 spiro atoms. The third-order valence-corrected chi connectivity index (χ3v) is 3.78. The number of fused-ring (bicyclic) bond motifs is 1. The molecule has 21 heavy (non-hydrogen) atoms. The highest BCUT2D eigenvalue weighted by Crippen LogP contribution is 2.18. The highest BCUT2D eigenvalue weighted by atomic mass is 16.1. The van der Waals surface area contributed by atoms with E-state index < -0.39 is 0 Å². The lowest BCUT2D eigenvalue weighted by atomic mass is 9.99. The number of amides is 1. The van der Waals surface area contributed by atoms with Gasteiger partial charge in [0.1, 0.15) is 17.3 Å². The van der Waals surface area contributed by atoms with E-state index in [9.17, 15) is 4.79 Å². The number of hydrogen-bond acceptors (Lipinski definition) is 4. The number of carbonyl (C=O) groups is 1. The summed E-state index contributed by atoms with van der Waals surface area (Å²) in [6, 6.07) is 1.72. The molecular formula is C15H19N5O. The van der Waals surface area contributed by atoms with Crippen LogP contribution in [0.1, 0.15) is 34.3 Å². The molecule has 2 aromatic heterocycles. The van der Waals surface area contributed by atoms with Gasteiger partial charge in [-0.05, 0) is 32.3 Å². The van der Waals surface area contributed by atoms with Crippen LogP contribution in [0.2, 0.25) is 0 Å². The Morgan fingerprint density at radius 1 is 1.43 bits per heavy atom. The molecule has 6 heteroatoms. The molecule has 2 aromatic rings. The van der Waals surface area contributed by atoms with E-state index >= 15 is 0 Å². The van der Waals surface area contributed by atoms with Gasteiger partial charge < -0.3 is 9.88 Å². The first kappa shape index (κ1) is 13.7. The van der Waals surface area contributed by atoms with Gasteiger partial charge in [0, 0.05) is 37.6 Å². The Bertz CT molecular complexity index is 644. The second kappa shape index (κ2) is 5.63. The first-order valence-electron chi connectivity index (χ1n) is 7.22. The molecule has 6 nitrogen and oxygen atoms in total. The fourth-order valence-corrected chi connectivity index (χ4v) is 2.76. The van der Waals surface area contributed by atoms with Gasteiger partial charge in [-0.3, -0.25) is 4.79 Å². The average molecular weight is 285 g/mol. The number of carbonyl (C=O) groups excluding carboxylic acids is 1. The van der Waals surface area contributed by atoms with Crippen LogP contribution in [0.4, 0.5) is 0 Å². The average Bonchev–Trinajstić information content (AvgIpc) is 2.91. The van der Waals surface area contributed by atoms with Crippen LogP contribution in [0.15, 0.2) is 18.5 Å². The molecule has 1 amide bonds. The molecule has 0 aliphatic carbocycles. The Morgan fingerprint density at radius 2 is 2.29 bits per heavy atom. The molecule has 1 aliphatic rings. The van der Waals surface area contributed by atoms with Gasteiger partial charge in [0.15, 0.2) is 0 Å². The van der Waals surface area contributed by atoms with Gasteiger partial charge >= 0.3 is 0 Å². The summed E-state index contributed by atoms with van der Waals surface area (Å²) in [5.74, 6) is 2.08. The summed E-state index contributed by atoms with van der Waals surface area (Å²) >= 11 is 0. The summed E-state index contributed by atoms with van der Waals surface area (Å²) < 4.78 is 2.17. The monoisotopic (exact) mass is 285 g/mol. The van der Waals surface area contributed by atoms with Crippen molar-refractivity contribution in [2.24, 2.45) is 5.92 Å². The van der Waals surface area contributed by atoms with E-state index in [1.54, 1.807) is 13.0 Å². The number of aromatic nitrogens is 4. The molecule has 0 fully saturated rings. The minimum atomic E-state index is -0.125. The second-order valence-corrected chi connectivity index (χ2v) is 5.55. The zero-order valence-electron chi connectivity index (χ0n) is 12.3. The zero-order chi connectivity index (χ0) is 14.8. The molecule has 0 saturated heterocycles. The van der Waals surface area contributed by atoms with E-state index in [-0.39, 0.29) is 5.91 Å². The Morgan fingerprint density at radius 3 is 3.10 bits per heavy atom. The van der Waals surface area contributed by atoms with Gasteiger partial charge in [-0.15, -0.1) is 0 Å². The molecule has 3 heterocycles. The normalized spacial score (nSPS) is 17.3. The van der Waals surface area contributed by atoms with Crippen molar-refractivity contribution in [3.8, 4) is 0 Å². The number of hydrogen-bond donors (Lipinski definition) is 1. The Hall–Kier alpha value is -2.24. The third kappa shape index (κ3) is 3.09. The number of nitrogens with one attached hydrogen (secondary N) is 1. The van der Waals surface area contributed by atoms with Gasteiger partial charge in [0.2, 0.25) is 0 Å². The molecular weight excluding hydrogens is 266 g/mol. The topological polar surface area (TPSA) is 72.7 Å². The predicted octanol–water partition coefficient (Wildman–Crippen LogP) is 1.28.